The first kappa shape index (κ1) is 15.4. The number of aliphatic hydroxyl groups is 2. The van der Waals surface area contributed by atoms with Crippen LogP contribution in [-0.4, -0.2) is 71.3 Å². The number of likely N-dealkylation sites (tertiary alicyclic amines) is 1. The second-order valence-corrected chi connectivity index (χ2v) is 7.24. The van der Waals surface area contributed by atoms with Crippen molar-refractivity contribution < 1.29 is 18.6 Å². The summed E-state index contributed by atoms with van der Waals surface area (Å²) in [7, 11) is -3.40. The topological polar surface area (TPSA) is 119 Å². The Kier molecular flexibility index (Phi) is 4.17. The first-order valence-corrected chi connectivity index (χ1v) is 8.15. The molecule has 0 spiro atoms. The normalized spacial score (nSPS) is 28.1. The summed E-state index contributed by atoms with van der Waals surface area (Å²) in [5.74, 6) is 0. The van der Waals surface area contributed by atoms with Crippen LogP contribution in [0.15, 0.2) is 6.20 Å². The Hall–Kier alpha value is -1.00. The molecule has 2 heterocycles. The summed E-state index contributed by atoms with van der Waals surface area (Å²) in [5.41, 5.74) is 0.447. The first-order chi connectivity index (χ1) is 9.20. The largest absolute Gasteiger partial charge is 0.389 e. The Morgan fingerprint density at radius 2 is 2.35 bits per heavy atom. The van der Waals surface area contributed by atoms with E-state index in [1.54, 1.807) is 6.20 Å². The molecule has 4 N–H and O–H groups in total. The number of β-amino-alcohol motifs (C(OH)–C–C–N with tert-alkyl or cyclic N) is 2. The number of aliphatic hydroxyl groups excluding tert-OH is 1. The number of aromatic nitrogens is 2. The smallest absolute Gasteiger partial charge is 0.208 e. The van der Waals surface area contributed by atoms with Crippen molar-refractivity contribution in [2.24, 2.45) is 0 Å². The minimum absolute atomic E-state index is 0.196. The second kappa shape index (κ2) is 5.41. The van der Waals surface area contributed by atoms with E-state index in [1.165, 1.54) is 0 Å². The number of nitrogens with zero attached hydrogens (tertiary/aromatic N) is 2. The molecule has 1 aliphatic rings. The average Bonchev–Trinajstić information content (AvgIpc) is 2.83. The summed E-state index contributed by atoms with van der Waals surface area (Å²) >= 11 is 0. The Labute approximate surface area is 117 Å². The van der Waals surface area contributed by atoms with Crippen molar-refractivity contribution in [3.05, 3.63) is 17.5 Å². The summed E-state index contributed by atoms with van der Waals surface area (Å²) < 4.78 is 24.4. The molecule has 0 aliphatic carbocycles. The summed E-state index contributed by atoms with van der Waals surface area (Å²) in [6, 6.07) is 0. The number of rotatable bonds is 5. The van der Waals surface area contributed by atoms with Crippen molar-refractivity contribution in [1.29, 1.82) is 0 Å². The van der Waals surface area contributed by atoms with Crippen molar-refractivity contribution in [3.63, 3.8) is 0 Å². The van der Waals surface area contributed by atoms with Crippen LogP contribution in [0.25, 0.3) is 0 Å². The zero-order valence-electron chi connectivity index (χ0n) is 11.5. The molecule has 0 amide bonds. The molecule has 0 saturated carbocycles. The number of nitrogens with one attached hydrogen (secondary N) is 2. The Morgan fingerprint density at radius 3 is 2.90 bits per heavy atom. The first-order valence-electron chi connectivity index (χ1n) is 6.26. The van der Waals surface area contributed by atoms with E-state index in [-0.39, 0.29) is 19.6 Å². The molecular formula is C11H20N4O4S. The zero-order chi connectivity index (χ0) is 15.0. The van der Waals surface area contributed by atoms with E-state index in [0.717, 1.165) is 17.5 Å². The molecule has 1 aliphatic heterocycles. The van der Waals surface area contributed by atoms with Crippen LogP contribution in [0.2, 0.25) is 0 Å². The Morgan fingerprint density at radius 1 is 1.65 bits per heavy atom. The fourth-order valence-corrected chi connectivity index (χ4v) is 2.81. The quantitative estimate of drug-likeness (QED) is 0.508. The summed E-state index contributed by atoms with van der Waals surface area (Å²) in [4.78, 5) is 1.87. The second-order valence-electron chi connectivity index (χ2n) is 5.40. The molecule has 114 valence electrons. The third-order valence-corrected chi connectivity index (χ3v) is 4.19. The maximum Gasteiger partial charge on any atom is 0.208 e. The number of hydrogen-bond acceptors (Lipinski definition) is 6. The summed E-state index contributed by atoms with van der Waals surface area (Å²) in [5, 5.41) is 27.1. The SMILES string of the molecule is Cc1[nH]ncc1CN1C[C@@H](O)[C@](O)(CNS(C)(=O)=O)C1. The van der Waals surface area contributed by atoms with E-state index in [9.17, 15) is 18.6 Å². The van der Waals surface area contributed by atoms with Crippen LogP contribution in [0.3, 0.4) is 0 Å². The van der Waals surface area contributed by atoms with Crippen molar-refractivity contribution >= 4 is 10.0 Å². The zero-order valence-corrected chi connectivity index (χ0v) is 12.3. The highest BCUT2D eigenvalue weighted by Gasteiger charge is 2.44. The van der Waals surface area contributed by atoms with E-state index < -0.39 is 21.7 Å². The van der Waals surface area contributed by atoms with Gasteiger partial charge in [-0.3, -0.25) is 10.00 Å². The Balaban J connectivity index is 1.99. The van der Waals surface area contributed by atoms with Gasteiger partial charge in [-0.15, -0.1) is 0 Å². The van der Waals surface area contributed by atoms with Gasteiger partial charge in [-0.2, -0.15) is 5.10 Å². The maximum atomic E-state index is 11.1. The monoisotopic (exact) mass is 304 g/mol. The van der Waals surface area contributed by atoms with Crippen LogP contribution in [0.4, 0.5) is 0 Å². The standard InChI is InChI=1S/C11H20N4O4S/c1-8-9(3-12-14-8)4-15-5-10(16)11(17,7-15)6-13-20(2,18)19/h3,10,13,16-17H,4-7H2,1-2H3,(H,12,14)/t10-,11+/m1/s1. The van der Waals surface area contributed by atoms with Crippen molar-refractivity contribution in [2.75, 3.05) is 25.9 Å². The van der Waals surface area contributed by atoms with Gasteiger partial charge in [-0.25, -0.2) is 13.1 Å². The van der Waals surface area contributed by atoms with Gasteiger partial charge in [0, 0.05) is 37.4 Å². The third kappa shape index (κ3) is 3.55. The lowest BCUT2D eigenvalue weighted by Crippen LogP contribution is -2.51. The summed E-state index contributed by atoms with van der Waals surface area (Å²) in [6.07, 6.45) is 1.72. The van der Waals surface area contributed by atoms with E-state index in [2.05, 4.69) is 14.9 Å². The molecule has 0 unspecified atom stereocenters. The molecule has 0 aromatic carbocycles. The highest BCUT2D eigenvalue weighted by Crippen LogP contribution is 2.23. The molecule has 2 atom stereocenters. The average molecular weight is 304 g/mol. The minimum atomic E-state index is -3.40. The van der Waals surface area contributed by atoms with Gasteiger partial charge in [0.15, 0.2) is 0 Å². The third-order valence-electron chi connectivity index (χ3n) is 3.52. The van der Waals surface area contributed by atoms with Crippen LogP contribution in [0.5, 0.6) is 0 Å². The van der Waals surface area contributed by atoms with Gasteiger partial charge in [0.1, 0.15) is 5.60 Å². The molecule has 0 bridgehead atoms. The van der Waals surface area contributed by atoms with Crippen molar-refractivity contribution in [1.82, 2.24) is 19.8 Å². The lowest BCUT2D eigenvalue weighted by molar-refractivity contribution is -0.0354. The molecule has 1 fully saturated rings. The van der Waals surface area contributed by atoms with Crippen LogP contribution in [0.1, 0.15) is 11.3 Å². The fourth-order valence-electron chi connectivity index (χ4n) is 2.30. The number of aromatic amines is 1. The van der Waals surface area contributed by atoms with E-state index >= 15 is 0 Å². The fraction of sp³-hybridized carbons (Fsp3) is 0.727. The van der Waals surface area contributed by atoms with Gasteiger partial charge in [-0.05, 0) is 6.92 Å². The Bertz CT molecular complexity index is 573. The van der Waals surface area contributed by atoms with Gasteiger partial charge < -0.3 is 10.2 Å². The number of H-pyrrole nitrogens is 1. The van der Waals surface area contributed by atoms with Crippen LogP contribution < -0.4 is 4.72 Å². The lowest BCUT2D eigenvalue weighted by Gasteiger charge is -2.25. The minimum Gasteiger partial charge on any atom is -0.389 e. The van der Waals surface area contributed by atoms with E-state index in [1.807, 2.05) is 11.8 Å². The van der Waals surface area contributed by atoms with Crippen LogP contribution in [0, 0.1) is 6.92 Å². The molecule has 2 rings (SSSR count). The van der Waals surface area contributed by atoms with Gasteiger partial charge in [0.2, 0.25) is 10.0 Å². The molecule has 1 saturated heterocycles. The van der Waals surface area contributed by atoms with Gasteiger partial charge in [0.05, 0.1) is 18.6 Å². The molecule has 8 nitrogen and oxygen atoms in total. The predicted molar refractivity (Wildman–Crippen MR) is 72.4 cm³/mol. The number of aryl methyl sites for hydroxylation is 1. The highest BCUT2D eigenvalue weighted by atomic mass is 32.2. The summed E-state index contributed by atoms with van der Waals surface area (Å²) in [6.45, 7) is 2.72. The predicted octanol–water partition coefficient (Wildman–Crippen LogP) is -1.83. The highest BCUT2D eigenvalue weighted by molar-refractivity contribution is 7.88. The molecule has 0 radical (unpaired) electrons. The lowest BCUT2D eigenvalue weighted by atomic mass is 10.0. The maximum absolute atomic E-state index is 11.1. The van der Waals surface area contributed by atoms with E-state index in [4.69, 9.17) is 0 Å². The molecular weight excluding hydrogens is 284 g/mol. The number of hydrogen-bond donors (Lipinski definition) is 4. The van der Waals surface area contributed by atoms with Crippen LogP contribution in [-0.2, 0) is 16.6 Å². The van der Waals surface area contributed by atoms with Gasteiger partial charge in [0.25, 0.3) is 0 Å². The van der Waals surface area contributed by atoms with Crippen LogP contribution >= 0.6 is 0 Å². The molecule has 9 heteroatoms. The van der Waals surface area contributed by atoms with Crippen molar-refractivity contribution in [3.8, 4) is 0 Å². The molecule has 20 heavy (non-hydrogen) atoms. The van der Waals surface area contributed by atoms with Gasteiger partial charge >= 0.3 is 0 Å². The van der Waals surface area contributed by atoms with E-state index in [0.29, 0.717) is 6.54 Å². The number of sulfonamides is 1. The van der Waals surface area contributed by atoms with Crippen molar-refractivity contribution in [2.45, 2.75) is 25.2 Å². The van der Waals surface area contributed by atoms with Gasteiger partial charge in [-0.1, -0.05) is 0 Å². The molecule has 1 aromatic heterocycles. The molecule has 1 aromatic rings.